The van der Waals surface area contributed by atoms with Crippen LogP contribution in [0.2, 0.25) is 0 Å². The lowest BCUT2D eigenvalue weighted by Gasteiger charge is -2.09. The Bertz CT molecular complexity index is 763. The Morgan fingerprint density at radius 2 is 1.65 bits per heavy atom. The zero-order chi connectivity index (χ0) is 16.7. The van der Waals surface area contributed by atoms with E-state index in [-0.39, 0.29) is 24.7 Å². The van der Waals surface area contributed by atoms with E-state index in [4.69, 9.17) is 5.26 Å². The summed E-state index contributed by atoms with van der Waals surface area (Å²) in [5.41, 5.74) is 3.18. The van der Waals surface area contributed by atoms with E-state index in [1.165, 1.54) is 0 Å². The van der Waals surface area contributed by atoms with Crippen molar-refractivity contribution in [3.8, 4) is 6.07 Å². The Hall–Kier alpha value is -3.13. The number of nitrogens with one attached hydrogen (secondary N) is 2. The molecule has 0 aliphatic carbocycles. The van der Waals surface area contributed by atoms with Crippen LogP contribution in [0.4, 0.5) is 11.4 Å². The minimum Gasteiger partial charge on any atom is -0.326 e. The number of benzene rings is 2. The first-order chi connectivity index (χ1) is 11.1. The van der Waals surface area contributed by atoms with E-state index in [0.717, 1.165) is 11.1 Å². The van der Waals surface area contributed by atoms with Gasteiger partial charge >= 0.3 is 0 Å². The highest BCUT2D eigenvalue weighted by molar-refractivity contribution is 5.95. The Balaban J connectivity index is 2.00. The molecule has 2 N–H and O–H groups in total. The summed E-state index contributed by atoms with van der Waals surface area (Å²) in [7, 11) is 0. The first-order valence-electron chi connectivity index (χ1n) is 7.19. The molecule has 2 aromatic carbocycles. The summed E-state index contributed by atoms with van der Waals surface area (Å²) in [6.07, 6.45) is 0.0849. The molecule has 0 heterocycles. The van der Waals surface area contributed by atoms with Crippen LogP contribution in [0.25, 0.3) is 0 Å². The van der Waals surface area contributed by atoms with Crippen molar-refractivity contribution in [2.24, 2.45) is 0 Å². The summed E-state index contributed by atoms with van der Waals surface area (Å²) in [4.78, 5) is 23.5. The Labute approximate surface area is 134 Å². The number of carbonyl (C=O) groups excluding carboxylic acids is 2. The maximum atomic E-state index is 12.1. The van der Waals surface area contributed by atoms with Crippen molar-refractivity contribution >= 4 is 23.2 Å². The molecular formula is C18H17N3O2. The molecule has 0 atom stereocenters. The number of aryl methyl sites for hydroxylation is 1. The molecule has 0 bridgehead atoms. The predicted octanol–water partition coefficient (Wildman–Crippen LogP) is 3.03. The lowest BCUT2D eigenvalue weighted by atomic mass is 10.1. The SMILES string of the molecule is Cc1ccccc1CC(=O)Nc1cccc(NC(=O)CC#N)c1. The van der Waals surface area contributed by atoms with Gasteiger partial charge in [0, 0.05) is 11.4 Å². The van der Waals surface area contributed by atoms with Gasteiger partial charge in [-0.2, -0.15) is 5.26 Å². The van der Waals surface area contributed by atoms with Gasteiger partial charge in [0.1, 0.15) is 6.42 Å². The zero-order valence-corrected chi connectivity index (χ0v) is 12.8. The van der Waals surface area contributed by atoms with Crippen LogP contribution in [0.1, 0.15) is 17.5 Å². The third kappa shape index (κ3) is 4.97. The fourth-order valence-electron chi connectivity index (χ4n) is 2.14. The minimum absolute atomic E-state index is 0.125. The minimum atomic E-state index is -0.379. The molecule has 5 heteroatoms. The van der Waals surface area contributed by atoms with Crippen LogP contribution in [-0.4, -0.2) is 11.8 Å². The highest BCUT2D eigenvalue weighted by Crippen LogP contribution is 2.16. The second kappa shape index (κ2) is 7.76. The number of nitriles is 1. The third-order valence-corrected chi connectivity index (χ3v) is 3.28. The van der Waals surface area contributed by atoms with Crippen molar-refractivity contribution in [3.05, 3.63) is 59.7 Å². The number of hydrogen-bond acceptors (Lipinski definition) is 3. The van der Waals surface area contributed by atoms with Gasteiger partial charge in [0.2, 0.25) is 11.8 Å². The number of rotatable bonds is 5. The maximum Gasteiger partial charge on any atom is 0.238 e. The van der Waals surface area contributed by atoms with Gasteiger partial charge < -0.3 is 10.6 Å². The topological polar surface area (TPSA) is 82.0 Å². The van der Waals surface area contributed by atoms with E-state index in [2.05, 4.69) is 10.6 Å². The first kappa shape index (κ1) is 16.2. The van der Waals surface area contributed by atoms with Crippen molar-refractivity contribution in [2.45, 2.75) is 19.8 Å². The number of amides is 2. The molecule has 116 valence electrons. The molecule has 0 radical (unpaired) electrons. The number of nitrogens with zero attached hydrogens (tertiary/aromatic N) is 1. The fraction of sp³-hybridized carbons (Fsp3) is 0.167. The molecule has 0 aliphatic heterocycles. The maximum absolute atomic E-state index is 12.1. The van der Waals surface area contributed by atoms with Crippen LogP contribution in [0, 0.1) is 18.3 Å². The molecule has 0 aromatic heterocycles. The Kier molecular flexibility index (Phi) is 5.48. The first-order valence-corrected chi connectivity index (χ1v) is 7.19. The van der Waals surface area contributed by atoms with E-state index >= 15 is 0 Å². The predicted molar refractivity (Wildman–Crippen MR) is 88.8 cm³/mol. The van der Waals surface area contributed by atoms with E-state index in [0.29, 0.717) is 11.4 Å². The van der Waals surface area contributed by atoms with Gasteiger partial charge in [-0.1, -0.05) is 30.3 Å². The van der Waals surface area contributed by atoms with Gasteiger partial charge in [0.25, 0.3) is 0 Å². The molecule has 0 saturated heterocycles. The summed E-state index contributed by atoms with van der Waals surface area (Å²) in [6, 6.07) is 16.3. The average Bonchev–Trinajstić information content (AvgIpc) is 2.50. The quantitative estimate of drug-likeness (QED) is 0.890. The molecule has 0 aliphatic rings. The van der Waals surface area contributed by atoms with Gasteiger partial charge in [-0.25, -0.2) is 0 Å². The van der Waals surface area contributed by atoms with Crippen molar-refractivity contribution < 1.29 is 9.59 Å². The molecule has 0 unspecified atom stereocenters. The monoisotopic (exact) mass is 307 g/mol. The summed E-state index contributed by atoms with van der Waals surface area (Å²) in [5.74, 6) is -0.504. The third-order valence-electron chi connectivity index (χ3n) is 3.28. The summed E-state index contributed by atoms with van der Waals surface area (Å²) < 4.78 is 0. The van der Waals surface area contributed by atoms with Gasteiger partial charge in [0.15, 0.2) is 0 Å². The van der Waals surface area contributed by atoms with Crippen LogP contribution in [0.3, 0.4) is 0 Å². The van der Waals surface area contributed by atoms with Gasteiger partial charge in [-0.05, 0) is 36.2 Å². The normalized spacial score (nSPS) is 9.74. The van der Waals surface area contributed by atoms with Crippen molar-refractivity contribution in [2.75, 3.05) is 10.6 Å². The van der Waals surface area contributed by atoms with Crippen LogP contribution in [-0.2, 0) is 16.0 Å². The molecule has 0 fully saturated rings. The van der Waals surface area contributed by atoms with Crippen LogP contribution in [0.15, 0.2) is 48.5 Å². The largest absolute Gasteiger partial charge is 0.326 e. The standard InChI is InChI=1S/C18H17N3O2/c1-13-5-2-3-6-14(13)11-18(23)21-16-8-4-7-15(12-16)20-17(22)9-10-19/h2-8,12H,9,11H2,1H3,(H,20,22)(H,21,23). The lowest BCUT2D eigenvalue weighted by Crippen LogP contribution is -2.15. The Morgan fingerprint density at radius 3 is 2.30 bits per heavy atom. The van der Waals surface area contributed by atoms with Crippen molar-refractivity contribution in [1.82, 2.24) is 0 Å². The van der Waals surface area contributed by atoms with Gasteiger partial charge in [0.05, 0.1) is 12.5 Å². The molecule has 2 amide bonds. The summed E-state index contributed by atoms with van der Waals surface area (Å²) in [6.45, 7) is 1.97. The fourth-order valence-corrected chi connectivity index (χ4v) is 2.14. The van der Waals surface area contributed by atoms with Gasteiger partial charge in [-0.3, -0.25) is 9.59 Å². The summed E-state index contributed by atoms with van der Waals surface area (Å²) in [5, 5.41) is 13.9. The van der Waals surface area contributed by atoms with E-state index in [9.17, 15) is 9.59 Å². The average molecular weight is 307 g/mol. The second-order valence-electron chi connectivity index (χ2n) is 5.12. The van der Waals surface area contributed by atoms with Crippen LogP contribution < -0.4 is 10.6 Å². The number of hydrogen-bond donors (Lipinski definition) is 2. The highest BCUT2D eigenvalue weighted by Gasteiger charge is 2.07. The lowest BCUT2D eigenvalue weighted by molar-refractivity contribution is -0.116. The molecule has 0 spiro atoms. The molecule has 0 saturated carbocycles. The second-order valence-corrected chi connectivity index (χ2v) is 5.12. The Morgan fingerprint density at radius 1 is 1.00 bits per heavy atom. The van der Waals surface area contributed by atoms with Crippen LogP contribution >= 0.6 is 0 Å². The highest BCUT2D eigenvalue weighted by atomic mass is 16.2. The van der Waals surface area contributed by atoms with Crippen LogP contribution in [0.5, 0.6) is 0 Å². The number of carbonyl (C=O) groups is 2. The smallest absolute Gasteiger partial charge is 0.238 e. The van der Waals surface area contributed by atoms with E-state index in [1.807, 2.05) is 31.2 Å². The van der Waals surface area contributed by atoms with Gasteiger partial charge in [-0.15, -0.1) is 0 Å². The van der Waals surface area contributed by atoms with E-state index < -0.39 is 0 Å². The molecule has 2 aromatic rings. The summed E-state index contributed by atoms with van der Waals surface area (Å²) >= 11 is 0. The molecular weight excluding hydrogens is 290 g/mol. The molecule has 5 nitrogen and oxygen atoms in total. The van der Waals surface area contributed by atoms with E-state index in [1.54, 1.807) is 30.3 Å². The zero-order valence-electron chi connectivity index (χ0n) is 12.8. The molecule has 23 heavy (non-hydrogen) atoms. The van der Waals surface area contributed by atoms with Crippen molar-refractivity contribution in [1.29, 1.82) is 5.26 Å². The molecule has 2 rings (SSSR count). The van der Waals surface area contributed by atoms with Crippen molar-refractivity contribution in [3.63, 3.8) is 0 Å². The number of anilines is 2.